The fourth-order valence-corrected chi connectivity index (χ4v) is 0.821. The molecule has 0 aromatic rings. The van der Waals surface area contributed by atoms with Crippen molar-refractivity contribution in [1.82, 2.24) is 10.6 Å². The highest BCUT2D eigenvalue weighted by atomic mass is 15.0. The number of rotatable bonds is 5. The second-order valence-corrected chi connectivity index (χ2v) is 2.91. The maximum atomic E-state index is 3.38. The van der Waals surface area contributed by atoms with E-state index in [1.54, 1.807) is 0 Å². The molecule has 0 fully saturated rings. The average Bonchev–Trinajstić information content (AvgIpc) is 2.01. The molecule has 0 radical (unpaired) electrons. The van der Waals surface area contributed by atoms with Crippen molar-refractivity contribution in [3.63, 3.8) is 0 Å². The maximum absolute atomic E-state index is 3.38. The van der Waals surface area contributed by atoms with Gasteiger partial charge in [-0.25, -0.2) is 0 Å². The number of hydrogen-bond acceptors (Lipinski definition) is 2. The lowest BCUT2D eigenvalue weighted by Gasteiger charge is -2.14. The molecule has 0 saturated carbocycles. The van der Waals surface area contributed by atoms with Gasteiger partial charge in [0.25, 0.3) is 0 Å². The Bertz CT molecular complexity index is 110. The highest BCUT2D eigenvalue weighted by Gasteiger charge is 1.98. The van der Waals surface area contributed by atoms with E-state index in [-0.39, 0.29) is 0 Å². The van der Waals surface area contributed by atoms with Gasteiger partial charge in [0.1, 0.15) is 0 Å². The molecule has 0 spiro atoms. The molecule has 2 atom stereocenters. The molecule has 2 N–H and O–H groups in total. The van der Waals surface area contributed by atoms with Crippen LogP contribution in [0.5, 0.6) is 0 Å². The van der Waals surface area contributed by atoms with E-state index in [0.29, 0.717) is 12.1 Å². The molecular weight excluding hydrogens is 136 g/mol. The highest BCUT2D eigenvalue weighted by molar-refractivity contribution is 4.88. The van der Waals surface area contributed by atoms with E-state index in [1.165, 1.54) is 0 Å². The van der Waals surface area contributed by atoms with Gasteiger partial charge in [-0.05, 0) is 27.8 Å². The normalized spacial score (nSPS) is 17.1. The summed E-state index contributed by atoms with van der Waals surface area (Å²) in [6.07, 6.45) is 4.23. The zero-order chi connectivity index (χ0) is 8.69. The molecule has 0 rings (SSSR count). The summed E-state index contributed by atoms with van der Waals surface area (Å²) in [5, 5.41) is 6.56. The minimum Gasteiger partial charge on any atom is -0.316 e. The van der Waals surface area contributed by atoms with Gasteiger partial charge in [0, 0.05) is 18.6 Å². The van der Waals surface area contributed by atoms with E-state index in [9.17, 15) is 0 Å². The van der Waals surface area contributed by atoms with Crippen molar-refractivity contribution >= 4 is 0 Å². The minimum atomic E-state index is 0.482. The summed E-state index contributed by atoms with van der Waals surface area (Å²) in [5.74, 6) is 0. The molecule has 0 aliphatic rings. The number of nitrogens with one attached hydrogen (secondary N) is 2. The third-order valence-corrected chi connectivity index (χ3v) is 1.72. The summed E-state index contributed by atoms with van der Waals surface area (Å²) in [6, 6.07) is 1.03. The monoisotopic (exact) mass is 156 g/mol. The third-order valence-electron chi connectivity index (χ3n) is 1.72. The van der Waals surface area contributed by atoms with Crippen LogP contribution in [0.25, 0.3) is 0 Å². The predicted octanol–water partition coefficient (Wildman–Crippen LogP) is 1.15. The minimum absolute atomic E-state index is 0.482. The van der Waals surface area contributed by atoms with Crippen LogP contribution in [0, 0.1) is 0 Å². The third kappa shape index (κ3) is 6.07. The van der Waals surface area contributed by atoms with Crippen LogP contribution in [0.15, 0.2) is 12.2 Å². The van der Waals surface area contributed by atoms with Crippen LogP contribution >= 0.6 is 0 Å². The second kappa shape index (κ2) is 6.38. The lowest BCUT2D eigenvalue weighted by Crippen LogP contribution is -2.37. The standard InChI is InChI=1S/C9H20N2/c1-5-6-8(2)11-7-9(3)10-4/h5-6,8-11H,7H2,1-4H3/b6-5+. The van der Waals surface area contributed by atoms with Gasteiger partial charge in [-0.3, -0.25) is 0 Å². The molecule has 0 aromatic carbocycles. The number of allylic oxidation sites excluding steroid dienone is 1. The fourth-order valence-electron chi connectivity index (χ4n) is 0.821. The first-order valence-corrected chi connectivity index (χ1v) is 4.24. The zero-order valence-corrected chi connectivity index (χ0v) is 8.02. The van der Waals surface area contributed by atoms with Gasteiger partial charge in [-0.2, -0.15) is 0 Å². The molecule has 2 nitrogen and oxygen atoms in total. The van der Waals surface area contributed by atoms with Gasteiger partial charge < -0.3 is 10.6 Å². The molecule has 2 unspecified atom stereocenters. The van der Waals surface area contributed by atoms with Crippen molar-refractivity contribution in [3.05, 3.63) is 12.2 Å². The average molecular weight is 156 g/mol. The van der Waals surface area contributed by atoms with Crippen LogP contribution in [-0.2, 0) is 0 Å². The van der Waals surface area contributed by atoms with Crippen molar-refractivity contribution in [1.29, 1.82) is 0 Å². The Kier molecular flexibility index (Phi) is 6.18. The molecule has 0 aromatic heterocycles. The Morgan fingerprint density at radius 1 is 1.36 bits per heavy atom. The molecule has 0 amide bonds. The Morgan fingerprint density at radius 3 is 2.45 bits per heavy atom. The van der Waals surface area contributed by atoms with Crippen LogP contribution in [0.1, 0.15) is 20.8 Å². The van der Waals surface area contributed by atoms with Gasteiger partial charge in [0.15, 0.2) is 0 Å². The molecule has 11 heavy (non-hydrogen) atoms. The Balaban J connectivity index is 3.37. The van der Waals surface area contributed by atoms with Crippen molar-refractivity contribution < 1.29 is 0 Å². The lowest BCUT2D eigenvalue weighted by molar-refractivity contribution is 0.520. The smallest absolute Gasteiger partial charge is 0.0222 e. The van der Waals surface area contributed by atoms with Crippen LogP contribution in [-0.4, -0.2) is 25.7 Å². The summed E-state index contributed by atoms with van der Waals surface area (Å²) in [7, 11) is 1.98. The first kappa shape index (κ1) is 10.7. The largest absolute Gasteiger partial charge is 0.316 e. The van der Waals surface area contributed by atoms with E-state index >= 15 is 0 Å². The summed E-state index contributed by atoms with van der Waals surface area (Å²) in [5.41, 5.74) is 0. The van der Waals surface area contributed by atoms with E-state index in [1.807, 2.05) is 14.0 Å². The molecule has 0 heterocycles. The first-order chi connectivity index (χ1) is 5.20. The Morgan fingerprint density at radius 2 is 2.00 bits per heavy atom. The molecule has 0 saturated heterocycles. The van der Waals surface area contributed by atoms with E-state index in [4.69, 9.17) is 0 Å². The van der Waals surface area contributed by atoms with Crippen LogP contribution in [0.2, 0.25) is 0 Å². The number of likely N-dealkylation sites (N-methyl/N-ethyl adjacent to an activating group) is 1. The quantitative estimate of drug-likeness (QED) is 0.583. The van der Waals surface area contributed by atoms with Crippen molar-refractivity contribution in [2.24, 2.45) is 0 Å². The van der Waals surface area contributed by atoms with Gasteiger partial charge in [-0.1, -0.05) is 12.2 Å². The topological polar surface area (TPSA) is 24.1 Å². The highest BCUT2D eigenvalue weighted by Crippen LogP contribution is 1.85. The van der Waals surface area contributed by atoms with Gasteiger partial charge >= 0.3 is 0 Å². The van der Waals surface area contributed by atoms with E-state index in [0.717, 1.165) is 6.54 Å². The predicted molar refractivity (Wildman–Crippen MR) is 50.8 cm³/mol. The summed E-state index contributed by atoms with van der Waals surface area (Å²) in [4.78, 5) is 0. The molecule has 0 aliphatic heterocycles. The summed E-state index contributed by atoms with van der Waals surface area (Å²) < 4.78 is 0. The summed E-state index contributed by atoms with van der Waals surface area (Å²) >= 11 is 0. The van der Waals surface area contributed by atoms with Crippen molar-refractivity contribution in [2.45, 2.75) is 32.9 Å². The fraction of sp³-hybridized carbons (Fsp3) is 0.778. The van der Waals surface area contributed by atoms with Gasteiger partial charge in [0.05, 0.1) is 0 Å². The second-order valence-electron chi connectivity index (χ2n) is 2.91. The van der Waals surface area contributed by atoms with Crippen LogP contribution in [0.4, 0.5) is 0 Å². The lowest BCUT2D eigenvalue weighted by atomic mass is 10.2. The molecule has 66 valence electrons. The molecule has 2 heteroatoms. The van der Waals surface area contributed by atoms with Gasteiger partial charge in [-0.15, -0.1) is 0 Å². The SMILES string of the molecule is C/C=C/C(C)NCC(C)NC. The molecule has 0 bridgehead atoms. The van der Waals surface area contributed by atoms with Crippen LogP contribution < -0.4 is 10.6 Å². The first-order valence-electron chi connectivity index (χ1n) is 4.24. The van der Waals surface area contributed by atoms with Gasteiger partial charge in [0.2, 0.25) is 0 Å². The Hall–Kier alpha value is -0.340. The van der Waals surface area contributed by atoms with Crippen LogP contribution in [0.3, 0.4) is 0 Å². The Labute approximate surface area is 70.1 Å². The maximum Gasteiger partial charge on any atom is 0.0222 e. The summed E-state index contributed by atoms with van der Waals surface area (Å²) in [6.45, 7) is 7.37. The van der Waals surface area contributed by atoms with Crippen molar-refractivity contribution in [2.75, 3.05) is 13.6 Å². The molecular formula is C9H20N2. The van der Waals surface area contributed by atoms with Crippen molar-refractivity contribution in [3.8, 4) is 0 Å². The molecule has 0 aliphatic carbocycles. The van der Waals surface area contributed by atoms with E-state index in [2.05, 4.69) is 36.6 Å². The number of hydrogen-bond donors (Lipinski definition) is 2. The van der Waals surface area contributed by atoms with E-state index < -0.39 is 0 Å². The zero-order valence-electron chi connectivity index (χ0n) is 8.02.